The average Bonchev–Trinajstić information content (AvgIpc) is 3.30. The van der Waals surface area contributed by atoms with Gasteiger partial charge in [-0.3, -0.25) is 4.79 Å². The molecule has 3 aromatic rings. The summed E-state index contributed by atoms with van der Waals surface area (Å²) in [5.41, 5.74) is 0.619. The third-order valence-electron chi connectivity index (χ3n) is 3.81. The quantitative estimate of drug-likeness (QED) is 0.581. The average molecular weight is 405 g/mol. The molecule has 9 heteroatoms. The Balaban J connectivity index is 1.59. The van der Waals surface area contributed by atoms with Crippen molar-refractivity contribution in [1.29, 1.82) is 0 Å². The van der Waals surface area contributed by atoms with Gasteiger partial charge in [-0.05, 0) is 11.4 Å². The number of thioether (sulfide) groups is 1. The maximum absolute atomic E-state index is 12.3. The minimum Gasteiger partial charge on any atom is -0.497 e. The summed E-state index contributed by atoms with van der Waals surface area (Å²) in [5.74, 6) is 2.19. The largest absolute Gasteiger partial charge is 0.497 e. The highest BCUT2D eigenvalue weighted by atomic mass is 32.2. The van der Waals surface area contributed by atoms with Gasteiger partial charge < -0.3 is 19.4 Å². The van der Waals surface area contributed by atoms with Crippen molar-refractivity contribution in [2.24, 2.45) is 7.05 Å². The van der Waals surface area contributed by atoms with E-state index in [1.807, 2.05) is 23.1 Å². The number of benzene rings is 1. The van der Waals surface area contributed by atoms with E-state index in [9.17, 15) is 4.79 Å². The van der Waals surface area contributed by atoms with Gasteiger partial charge in [0.15, 0.2) is 5.16 Å². The molecular formula is C18H20N4O3S2. The van der Waals surface area contributed by atoms with Crippen LogP contribution in [0.3, 0.4) is 0 Å². The zero-order valence-electron chi connectivity index (χ0n) is 15.3. The van der Waals surface area contributed by atoms with E-state index in [2.05, 4.69) is 21.6 Å². The molecule has 7 nitrogen and oxygen atoms in total. The highest BCUT2D eigenvalue weighted by Crippen LogP contribution is 2.26. The van der Waals surface area contributed by atoms with E-state index in [1.54, 1.807) is 43.8 Å². The second kappa shape index (κ2) is 8.92. The third-order valence-corrected chi connectivity index (χ3v) is 5.70. The van der Waals surface area contributed by atoms with Crippen molar-refractivity contribution in [1.82, 2.24) is 14.8 Å². The molecule has 1 N–H and O–H groups in total. The van der Waals surface area contributed by atoms with E-state index in [0.29, 0.717) is 22.3 Å². The lowest BCUT2D eigenvalue weighted by Gasteiger charge is -2.09. The van der Waals surface area contributed by atoms with Gasteiger partial charge in [0.1, 0.15) is 17.3 Å². The van der Waals surface area contributed by atoms with Crippen LogP contribution in [0.4, 0.5) is 5.69 Å². The number of ether oxygens (including phenoxy) is 2. The van der Waals surface area contributed by atoms with Gasteiger partial charge in [0, 0.05) is 42.2 Å². The predicted octanol–water partition coefficient (Wildman–Crippen LogP) is 3.22. The molecule has 1 aromatic carbocycles. The summed E-state index contributed by atoms with van der Waals surface area (Å²) >= 11 is 3.03. The van der Waals surface area contributed by atoms with Gasteiger partial charge in [-0.2, -0.15) is 0 Å². The van der Waals surface area contributed by atoms with Crippen LogP contribution in [0.15, 0.2) is 40.9 Å². The molecule has 0 spiro atoms. The Morgan fingerprint density at radius 2 is 1.96 bits per heavy atom. The van der Waals surface area contributed by atoms with E-state index in [-0.39, 0.29) is 11.7 Å². The number of anilines is 1. The molecule has 3 rings (SSSR count). The monoisotopic (exact) mass is 404 g/mol. The Kier molecular flexibility index (Phi) is 6.36. The highest BCUT2D eigenvalue weighted by Gasteiger charge is 2.13. The number of hydrogen-bond acceptors (Lipinski definition) is 7. The Morgan fingerprint density at radius 1 is 1.22 bits per heavy atom. The fourth-order valence-electron chi connectivity index (χ4n) is 2.40. The first-order valence-electron chi connectivity index (χ1n) is 8.15. The van der Waals surface area contributed by atoms with Gasteiger partial charge in [-0.15, -0.1) is 21.5 Å². The standard InChI is InChI=1S/C18H20N4O3S2/c1-22-16(10-15-5-4-6-26-15)20-21-18(22)27-11-17(23)19-12-7-13(24-2)9-14(8-12)25-3/h4-9H,10-11H2,1-3H3,(H,19,23). The van der Waals surface area contributed by atoms with Crippen LogP contribution in [0, 0.1) is 0 Å². The van der Waals surface area contributed by atoms with Crippen LogP contribution in [-0.4, -0.2) is 40.6 Å². The van der Waals surface area contributed by atoms with Gasteiger partial charge in [0.05, 0.1) is 20.0 Å². The predicted molar refractivity (Wildman–Crippen MR) is 107 cm³/mol. The van der Waals surface area contributed by atoms with Gasteiger partial charge in [-0.25, -0.2) is 0 Å². The van der Waals surface area contributed by atoms with Crippen molar-refractivity contribution in [3.63, 3.8) is 0 Å². The van der Waals surface area contributed by atoms with E-state index < -0.39 is 0 Å². The summed E-state index contributed by atoms with van der Waals surface area (Å²) in [4.78, 5) is 13.5. The maximum atomic E-state index is 12.3. The number of hydrogen-bond donors (Lipinski definition) is 1. The van der Waals surface area contributed by atoms with E-state index in [0.717, 1.165) is 12.2 Å². The fraction of sp³-hybridized carbons (Fsp3) is 0.278. The molecule has 0 aliphatic carbocycles. The summed E-state index contributed by atoms with van der Waals surface area (Å²) in [7, 11) is 5.05. The zero-order chi connectivity index (χ0) is 19.2. The van der Waals surface area contributed by atoms with Gasteiger partial charge in [0.2, 0.25) is 5.91 Å². The maximum Gasteiger partial charge on any atom is 0.234 e. The fourth-order valence-corrected chi connectivity index (χ4v) is 3.83. The molecule has 0 saturated carbocycles. The summed E-state index contributed by atoms with van der Waals surface area (Å²) in [6.07, 6.45) is 0.734. The van der Waals surface area contributed by atoms with E-state index in [1.165, 1.54) is 16.6 Å². The van der Waals surface area contributed by atoms with Gasteiger partial charge in [0.25, 0.3) is 0 Å². The molecular weight excluding hydrogens is 384 g/mol. The molecule has 1 amide bonds. The van der Waals surface area contributed by atoms with Crippen molar-refractivity contribution in [3.8, 4) is 11.5 Å². The molecule has 27 heavy (non-hydrogen) atoms. The lowest BCUT2D eigenvalue weighted by molar-refractivity contribution is -0.113. The molecule has 0 aliphatic rings. The Hall–Kier alpha value is -2.52. The normalized spacial score (nSPS) is 10.6. The molecule has 0 bridgehead atoms. The molecule has 0 unspecified atom stereocenters. The molecule has 2 heterocycles. The summed E-state index contributed by atoms with van der Waals surface area (Å²) in [6.45, 7) is 0. The summed E-state index contributed by atoms with van der Waals surface area (Å²) < 4.78 is 12.3. The molecule has 0 radical (unpaired) electrons. The van der Waals surface area contributed by atoms with Crippen LogP contribution < -0.4 is 14.8 Å². The van der Waals surface area contributed by atoms with Crippen LogP contribution >= 0.6 is 23.1 Å². The first-order chi connectivity index (χ1) is 13.1. The molecule has 0 saturated heterocycles. The third kappa shape index (κ3) is 5.01. The topological polar surface area (TPSA) is 78.3 Å². The lowest BCUT2D eigenvalue weighted by Crippen LogP contribution is -2.14. The van der Waals surface area contributed by atoms with E-state index >= 15 is 0 Å². The minimum absolute atomic E-state index is 0.141. The number of nitrogens with zero attached hydrogens (tertiary/aromatic N) is 3. The summed E-state index contributed by atoms with van der Waals surface area (Å²) in [6, 6.07) is 9.32. The second-order valence-corrected chi connectivity index (χ2v) is 7.63. The van der Waals surface area contributed by atoms with Crippen molar-refractivity contribution in [3.05, 3.63) is 46.4 Å². The number of amides is 1. The van der Waals surface area contributed by atoms with Crippen LogP contribution in [0.5, 0.6) is 11.5 Å². The highest BCUT2D eigenvalue weighted by molar-refractivity contribution is 7.99. The molecule has 2 aromatic heterocycles. The zero-order valence-corrected chi connectivity index (χ0v) is 16.9. The van der Waals surface area contributed by atoms with Gasteiger partial charge in [-0.1, -0.05) is 17.8 Å². The number of thiophene rings is 1. The first kappa shape index (κ1) is 19.2. The van der Waals surface area contributed by atoms with E-state index in [4.69, 9.17) is 9.47 Å². The van der Waals surface area contributed by atoms with Crippen LogP contribution in [0.1, 0.15) is 10.7 Å². The SMILES string of the molecule is COc1cc(NC(=O)CSc2nnc(Cc3cccs3)n2C)cc(OC)c1. The number of methoxy groups -OCH3 is 2. The number of rotatable bonds is 8. The van der Waals surface area contributed by atoms with Gasteiger partial charge >= 0.3 is 0 Å². The van der Waals surface area contributed by atoms with Crippen molar-refractivity contribution in [2.45, 2.75) is 11.6 Å². The molecule has 0 atom stereocenters. The molecule has 0 aliphatic heterocycles. The number of carbonyl (C=O) groups is 1. The first-order valence-corrected chi connectivity index (χ1v) is 10.0. The van der Waals surface area contributed by atoms with Crippen LogP contribution in [0.25, 0.3) is 0 Å². The smallest absolute Gasteiger partial charge is 0.234 e. The lowest BCUT2D eigenvalue weighted by atomic mass is 10.2. The molecule has 142 valence electrons. The number of nitrogens with one attached hydrogen (secondary N) is 1. The van der Waals surface area contributed by atoms with Crippen molar-refractivity contribution in [2.75, 3.05) is 25.3 Å². The number of carbonyl (C=O) groups excluding carboxylic acids is 1. The Bertz CT molecular complexity index is 887. The molecule has 0 fully saturated rings. The summed E-state index contributed by atoms with van der Waals surface area (Å²) in [5, 5.41) is 14.0. The Morgan fingerprint density at radius 3 is 2.59 bits per heavy atom. The Labute approximate surface area is 165 Å². The van der Waals surface area contributed by atoms with Crippen molar-refractivity contribution < 1.29 is 14.3 Å². The van der Waals surface area contributed by atoms with Crippen LogP contribution in [-0.2, 0) is 18.3 Å². The van der Waals surface area contributed by atoms with Crippen LogP contribution in [0.2, 0.25) is 0 Å². The van der Waals surface area contributed by atoms with Crippen molar-refractivity contribution >= 4 is 34.7 Å². The second-order valence-electron chi connectivity index (χ2n) is 5.65. The minimum atomic E-state index is -0.141. The number of aromatic nitrogens is 3.